The van der Waals surface area contributed by atoms with Gasteiger partial charge in [-0.05, 0) is 12.8 Å². The lowest BCUT2D eigenvalue weighted by molar-refractivity contribution is -0.00227. The van der Waals surface area contributed by atoms with Gasteiger partial charge in [-0.25, -0.2) is 0 Å². The highest BCUT2D eigenvalue weighted by Crippen LogP contribution is 1.89. The van der Waals surface area contributed by atoms with Gasteiger partial charge in [-0.1, -0.05) is 26.7 Å². The van der Waals surface area contributed by atoms with E-state index in [1.165, 1.54) is 12.8 Å². The monoisotopic (exact) mass is 354 g/mol. The smallest absolute Gasteiger partial charge is 0.100 e. The molecule has 148 valence electrons. The highest BCUT2D eigenvalue weighted by Gasteiger charge is 1.94. The topological polar surface area (TPSA) is 97.6 Å². The van der Waals surface area contributed by atoms with Crippen molar-refractivity contribution in [3.05, 3.63) is 0 Å². The van der Waals surface area contributed by atoms with Gasteiger partial charge in [0.05, 0.1) is 52.9 Å². The third-order valence-electron chi connectivity index (χ3n) is 2.82. The predicted octanol–water partition coefficient (Wildman–Crippen LogP) is 0.985. The summed E-state index contributed by atoms with van der Waals surface area (Å²) in [4.78, 5) is 0. The maximum Gasteiger partial charge on any atom is 0.100 e. The molecule has 0 aromatic carbocycles. The number of ether oxygens (including phenoxy) is 4. The first-order chi connectivity index (χ1) is 11.7. The van der Waals surface area contributed by atoms with E-state index in [4.69, 9.17) is 34.3 Å². The fraction of sp³-hybridized carbons (Fsp3) is 1.00. The van der Waals surface area contributed by atoms with Crippen LogP contribution in [0.2, 0.25) is 0 Å². The average molecular weight is 354 g/mol. The van der Waals surface area contributed by atoms with Crippen molar-refractivity contribution < 1.29 is 34.3 Å². The Morgan fingerprint density at radius 3 is 1.08 bits per heavy atom. The maximum atomic E-state index is 8.17. The van der Waals surface area contributed by atoms with Gasteiger partial charge < -0.3 is 34.3 Å². The molecule has 7 heteroatoms. The summed E-state index contributed by atoms with van der Waals surface area (Å²) in [7, 11) is 0. The molecule has 0 fully saturated rings. The molecule has 0 unspecified atom stereocenters. The van der Waals surface area contributed by atoms with E-state index in [1.807, 2.05) is 0 Å². The molecule has 0 aliphatic carbocycles. The van der Waals surface area contributed by atoms with Crippen molar-refractivity contribution >= 4 is 0 Å². The van der Waals surface area contributed by atoms with Gasteiger partial charge in [-0.3, -0.25) is 0 Å². The number of aliphatic hydroxyl groups excluding tert-OH is 3. The molecule has 0 bridgehead atoms. The van der Waals surface area contributed by atoms with Gasteiger partial charge in [0.25, 0.3) is 0 Å². The van der Waals surface area contributed by atoms with Crippen LogP contribution in [-0.4, -0.2) is 87.5 Å². The Morgan fingerprint density at radius 2 is 0.875 bits per heavy atom. The van der Waals surface area contributed by atoms with Crippen molar-refractivity contribution in [3.8, 4) is 0 Å². The number of hydrogen-bond acceptors (Lipinski definition) is 7. The summed E-state index contributed by atoms with van der Waals surface area (Å²) in [6.07, 6.45) is 3.65. The molecule has 0 spiro atoms. The Kier molecular flexibility index (Phi) is 27.0. The summed E-state index contributed by atoms with van der Waals surface area (Å²) >= 11 is 0. The van der Waals surface area contributed by atoms with Gasteiger partial charge in [-0.2, -0.15) is 0 Å². The minimum atomic E-state index is -0.954. The second kappa shape index (κ2) is 25.0. The standard InChI is InChI=1S/C14H30O4.C3H8O3/c1-3-5-7-15-9-11-17-13-14-18-12-10-16-8-6-4-2;4-1-3(6)2-5/h3-14H2,1-2H3;3-6H,1-2H2. The van der Waals surface area contributed by atoms with Crippen LogP contribution in [0.25, 0.3) is 0 Å². The van der Waals surface area contributed by atoms with Gasteiger partial charge in [0.1, 0.15) is 6.10 Å². The normalized spacial score (nSPS) is 10.8. The van der Waals surface area contributed by atoms with Gasteiger partial charge in [0, 0.05) is 13.2 Å². The van der Waals surface area contributed by atoms with E-state index in [0.717, 1.165) is 26.1 Å². The summed E-state index contributed by atoms with van der Waals surface area (Å²) in [5.41, 5.74) is 0. The van der Waals surface area contributed by atoms with Crippen LogP contribution >= 0.6 is 0 Å². The van der Waals surface area contributed by atoms with Gasteiger partial charge in [-0.15, -0.1) is 0 Å². The Labute approximate surface area is 146 Å². The zero-order valence-corrected chi connectivity index (χ0v) is 15.5. The molecule has 0 heterocycles. The minimum absolute atomic E-state index is 0.365. The van der Waals surface area contributed by atoms with Crippen LogP contribution in [0.4, 0.5) is 0 Å². The highest BCUT2D eigenvalue weighted by molar-refractivity contribution is 4.44. The molecule has 24 heavy (non-hydrogen) atoms. The zero-order chi connectivity index (χ0) is 18.3. The molecular formula is C17H38O7. The Balaban J connectivity index is 0. The molecule has 0 aliphatic rings. The lowest BCUT2D eigenvalue weighted by Gasteiger charge is -2.07. The molecule has 0 aromatic rings. The van der Waals surface area contributed by atoms with Crippen molar-refractivity contribution in [2.24, 2.45) is 0 Å². The first-order valence-corrected chi connectivity index (χ1v) is 8.93. The Bertz CT molecular complexity index is 185. The molecular weight excluding hydrogens is 316 g/mol. The van der Waals surface area contributed by atoms with Crippen molar-refractivity contribution in [2.45, 2.75) is 45.6 Å². The second-order valence-corrected chi connectivity index (χ2v) is 5.18. The van der Waals surface area contributed by atoms with Crippen molar-refractivity contribution in [3.63, 3.8) is 0 Å². The van der Waals surface area contributed by atoms with Crippen molar-refractivity contribution in [2.75, 3.05) is 66.1 Å². The van der Waals surface area contributed by atoms with Crippen molar-refractivity contribution in [1.82, 2.24) is 0 Å². The van der Waals surface area contributed by atoms with E-state index < -0.39 is 6.10 Å². The van der Waals surface area contributed by atoms with Crippen LogP contribution in [0.1, 0.15) is 39.5 Å². The quantitative estimate of drug-likeness (QED) is 0.335. The van der Waals surface area contributed by atoms with E-state index in [2.05, 4.69) is 13.8 Å². The summed E-state index contributed by atoms with van der Waals surface area (Å²) in [6, 6.07) is 0. The SMILES string of the molecule is CCCCOCCOCCOCCOCCCC.OCC(O)CO. The molecule has 0 radical (unpaired) electrons. The minimum Gasteiger partial charge on any atom is -0.394 e. The highest BCUT2D eigenvalue weighted by atomic mass is 16.6. The summed E-state index contributed by atoms with van der Waals surface area (Å²) in [6.45, 7) is 9.19. The average Bonchev–Trinajstić information content (AvgIpc) is 2.62. The maximum absolute atomic E-state index is 8.17. The molecule has 0 saturated carbocycles. The van der Waals surface area contributed by atoms with E-state index in [1.54, 1.807) is 0 Å². The van der Waals surface area contributed by atoms with Crippen LogP contribution < -0.4 is 0 Å². The summed E-state index contributed by atoms with van der Waals surface area (Å²) in [5.74, 6) is 0. The summed E-state index contributed by atoms with van der Waals surface area (Å²) in [5, 5.41) is 24.0. The largest absolute Gasteiger partial charge is 0.394 e. The second-order valence-electron chi connectivity index (χ2n) is 5.18. The Morgan fingerprint density at radius 1 is 0.583 bits per heavy atom. The molecule has 7 nitrogen and oxygen atoms in total. The molecule has 0 rings (SSSR count). The number of rotatable bonds is 17. The fourth-order valence-electron chi connectivity index (χ4n) is 1.31. The van der Waals surface area contributed by atoms with E-state index >= 15 is 0 Å². The summed E-state index contributed by atoms with van der Waals surface area (Å²) < 4.78 is 21.5. The van der Waals surface area contributed by atoms with Crippen LogP contribution in [-0.2, 0) is 18.9 Å². The van der Waals surface area contributed by atoms with Gasteiger partial charge in [0.15, 0.2) is 0 Å². The van der Waals surface area contributed by atoms with Crippen molar-refractivity contribution in [1.29, 1.82) is 0 Å². The molecule has 3 N–H and O–H groups in total. The molecule has 0 atom stereocenters. The molecule has 0 saturated heterocycles. The number of hydrogen-bond donors (Lipinski definition) is 3. The van der Waals surface area contributed by atoms with Crippen LogP contribution in [0, 0.1) is 0 Å². The van der Waals surface area contributed by atoms with E-state index in [-0.39, 0.29) is 13.2 Å². The van der Waals surface area contributed by atoms with Gasteiger partial charge in [0.2, 0.25) is 0 Å². The fourth-order valence-corrected chi connectivity index (χ4v) is 1.31. The predicted molar refractivity (Wildman–Crippen MR) is 93.3 cm³/mol. The van der Waals surface area contributed by atoms with E-state index in [0.29, 0.717) is 39.6 Å². The lowest BCUT2D eigenvalue weighted by atomic mass is 10.4. The Hall–Kier alpha value is -0.280. The third kappa shape index (κ3) is 26.6. The first-order valence-electron chi connectivity index (χ1n) is 8.93. The number of aliphatic hydroxyl groups is 3. The zero-order valence-electron chi connectivity index (χ0n) is 15.5. The van der Waals surface area contributed by atoms with E-state index in [9.17, 15) is 0 Å². The molecule has 0 aromatic heterocycles. The first kappa shape index (κ1) is 26.0. The van der Waals surface area contributed by atoms with Crippen LogP contribution in [0.5, 0.6) is 0 Å². The van der Waals surface area contributed by atoms with Crippen LogP contribution in [0.3, 0.4) is 0 Å². The van der Waals surface area contributed by atoms with Crippen LogP contribution in [0.15, 0.2) is 0 Å². The molecule has 0 amide bonds. The number of unbranched alkanes of at least 4 members (excludes halogenated alkanes) is 2. The lowest BCUT2D eigenvalue weighted by Crippen LogP contribution is -2.15. The third-order valence-corrected chi connectivity index (χ3v) is 2.82. The van der Waals surface area contributed by atoms with Gasteiger partial charge >= 0.3 is 0 Å². The molecule has 0 aliphatic heterocycles.